The molecule has 0 aromatic carbocycles. The first-order valence-electron chi connectivity index (χ1n) is 5.33. The molecule has 0 amide bonds. The molecule has 5 heteroatoms. The normalized spacial score (nSPS) is 25.2. The SMILES string of the molecule is CCOC1NC(C)N=C(c2ccccn2)S1. The summed E-state index contributed by atoms with van der Waals surface area (Å²) in [7, 11) is 0. The molecule has 0 spiro atoms. The Labute approximate surface area is 99.5 Å². The van der Waals surface area contributed by atoms with Crippen molar-refractivity contribution in [3.05, 3.63) is 30.1 Å². The summed E-state index contributed by atoms with van der Waals surface area (Å²) in [6.45, 7) is 4.68. The first-order chi connectivity index (χ1) is 7.79. The molecule has 1 aliphatic rings. The fraction of sp³-hybridized carbons (Fsp3) is 0.455. The molecule has 2 heterocycles. The van der Waals surface area contributed by atoms with E-state index in [1.165, 1.54) is 0 Å². The summed E-state index contributed by atoms with van der Waals surface area (Å²) in [4.78, 5) is 8.81. The molecule has 0 radical (unpaired) electrons. The second-order valence-electron chi connectivity index (χ2n) is 3.40. The van der Waals surface area contributed by atoms with E-state index < -0.39 is 0 Å². The highest BCUT2D eigenvalue weighted by Gasteiger charge is 2.22. The van der Waals surface area contributed by atoms with Gasteiger partial charge in [0.25, 0.3) is 0 Å². The average Bonchev–Trinajstić information content (AvgIpc) is 2.30. The molecule has 2 atom stereocenters. The number of nitrogens with one attached hydrogen (secondary N) is 1. The van der Waals surface area contributed by atoms with Gasteiger partial charge in [0.15, 0.2) is 5.56 Å². The van der Waals surface area contributed by atoms with E-state index in [0.29, 0.717) is 6.61 Å². The van der Waals surface area contributed by atoms with E-state index in [0.717, 1.165) is 10.7 Å². The van der Waals surface area contributed by atoms with E-state index in [9.17, 15) is 0 Å². The highest BCUT2D eigenvalue weighted by atomic mass is 32.2. The van der Waals surface area contributed by atoms with Crippen molar-refractivity contribution in [3.63, 3.8) is 0 Å². The van der Waals surface area contributed by atoms with Crippen LogP contribution in [0.1, 0.15) is 19.5 Å². The van der Waals surface area contributed by atoms with E-state index in [2.05, 4.69) is 15.3 Å². The summed E-state index contributed by atoms with van der Waals surface area (Å²) in [5.74, 6) is 0. The Balaban J connectivity index is 2.15. The number of pyridine rings is 1. The Morgan fingerprint density at radius 3 is 3.06 bits per heavy atom. The quantitative estimate of drug-likeness (QED) is 0.871. The van der Waals surface area contributed by atoms with Crippen LogP contribution in [0, 0.1) is 0 Å². The topological polar surface area (TPSA) is 46.5 Å². The second kappa shape index (κ2) is 5.43. The van der Waals surface area contributed by atoms with Gasteiger partial charge in [-0.3, -0.25) is 15.3 Å². The van der Waals surface area contributed by atoms with Gasteiger partial charge < -0.3 is 4.74 Å². The predicted octanol–water partition coefficient (Wildman–Crippen LogP) is 1.83. The number of ether oxygens (including phenoxy) is 1. The van der Waals surface area contributed by atoms with Crippen LogP contribution in [0.4, 0.5) is 0 Å². The lowest BCUT2D eigenvalue weighted by atomic mass is 10.4. The van der Waals surface area contributed by atoms with Gasteiger partial charge >= 0.3 is 0 Å². The van der Waals surface area contributed by atoms with Crippen molar-refractivity contribution in [2.24, 2.45) is 4.99 Å². The molecule has 1 aliphatic heterocycles. The van der Waals surface area contributed by atoms with Gasteiger partial charge in [0.1, 0.15) is 11.2 Å². The summed E-state index contributed by atoms with van der Waals surface area (Å²) < 4.78 is 5.55. The zero-order valence-electron chi connectivity index (χ0n) is 9.38. The van der Waals surface area contributed by atoms with Crippen molar-refractivity contribution < 1.29 is 4.74 Å². The van der Waals surface area contributed by atoms with Crippen LogP contribution in [-0.2, 0) is 4.74 Å². The van der Waals surface area contributed by atoms with Gasteiger partial charge in [-0.15, -0.1) is 0 Å². The number of hydrogen-bond donors (Lipinski definition) is 1. The maximum atomic E-state index is 5.55. The first kappa shape index (κ1) is 11.6. The van der Waals surface area contributed by atoms with E-state index >= 15 is 0 Å². The summed E-state index contributed by atoms with van der Waals surface area (Å²) in [6, 6.07) is 5.83. The van der Waals surface area contributed by atoms with Crippen molar-refractivity contribution in [1.29, 1.82) is 0 Å². The number of aliphatic imine (C=N–C) groups is 1. The number of hydrogen-bond acceptors (Lipinski definition) is 5. The molecule has 0 bridgehead atoms. The Morgan fingerprint density at radius 2 is 2.38 bits per heavy atom. The van der Waals surface area contributed by atoms with Crippen molar-refractivity contribution >= 4 is 16.8 Å². The van der Waals surface area contributed by atoms with Gasteiger partial charge in [-0.1, -0.05) is 17.8 Å². The lowest BCUT2D eigenvalue weighted by molar-refractivity contribution is 0.0945. The lowest BCUT2D eigenvalue weighted by Crippen LogP contribution is -2.40. The molecule has 0 saturated carbocycles. The minimum Gasteiger partial charge on any atom is -0.354 e. The third-order valence-electron chi connectivity index (χ3n) is 2.11. The zero-order chi connectivity index (χ0) is 11.4. The molecular formula is C11H15N3OS. The first-order valence-corrected chi connectivity index (χ1v) is 6.21. The molecule has 0 fully saturated rings. The predicted molar refractivity (Wildman–Crippen MR) is 66.4 cm³/mol. The Morgan fingerprint density at radius 1 is 1.50 bits per heavy atom. The second-order valence-corrected chi connectivity index (χ2v) is 4.45. The molecule has 4 nitrogen and oxygen atoms in total. The van der Waals surface area contributed by atoms with Crippen molar-refractivity contribution in [3.8, 4) is 0 Å². The van der Waals surface area contributed by atoms with Crippen LogP contribution in [-0.4, -0.2) is 28.4 Å². The summed E-state index contributed by atoms with van der Waals surface area (Å²) >= 11 is 1.57. The molecule has 0 saturated heterocycles. The van der Waals surface area contributed by atoms with Gasteiger partial charge in [-0.2, -0.15) is 0 Å². The molecule has 1 aromatic heterocycles. The van der Waals surface area contributed by atoms with Crippen LogP contribution in [0.25, 0.3) is 0 Å². The van der Waals surface area contributed by atoms with Crippen molar-refractivity contribution in [2.45, 2.75) is 25.6 Å². The van der Waals surface area contributed by atoms with Gasteiger partial charge in [0, 0.05) is 12.8 Å². The molecular weight excluding hydrogens is 222 g/mol. The van der Waals surface area contributed by atoms with Crippen LogP contribution in [0.3, 0.4) is 0 Å². The molecule has 2 unspecified atom stereocenters. The number of nitrogens with zero attached hydrogens (tertiary/aromatic N) is 2. The summed E-state index contributed by atoms with van der Waals surface area (Å²) in [6.07, 6.45) is 1.84. The van der Waals surface area contributed by atoms with Gasteiger partial charge in [0.05, 0.1) is 5.69 Å². The monoisotopic (exact) mass is 237 g/mol. The van der Waals surface area contributed by atoms with E-state index in [1.807, 2.05) is 32.0 Å². The number of thioether (sulfide) groups is 1. The third kappa shape index (κ3) is 2.81. The minimum atomic E-state index is -0.0329. The van der Waals surface area contributed by atoms with Crippen molar-refractivity contribution in [1.82, 2.24) is 10.3 Å². The summed E-state index contributed by atoms with van der Waals surface area (Å²) in [5, 5.41) is 4.18. The third-order valence-corrected chi connectivity index (χ3v) is 3.13. The molecule has 1 N–H and O–H groups in total. The number of aromatic nitrogens is 1. The molecule has 16 heavy (non-hydrogen) atoms. The molecule has 1 aromatic rings. The summed E-state index contributed by atoms with van der Waals surface area (Å²) in [5.41, 5.74) is 0.875. The number of rotatable bonds is 3. The van der Waals surface area contributed by atoms with E-state index in [1.54, 1.807) is 18.0 Å². The highest BCUT2D eigenvalue weighted by Crippen LogP contribution is 2.22. The maximum Gasteiger partial charge on any atom is 0.163 e. The minimum absolute atomic E-state index is 0.0329. The van der Waals surface area contributed by atoms with E-state index in [4.69, 9.17) is 4.74 Å². The fourth-order valence-electron chi connectivity index (χ4n) is 1.43. The van der Waals surface area contributed by atoms with Crippen LogP contribution in [0.2, 0.25) is 0 Å². The lowest BCUT2D eigenvalue weighted by Gasteiger charge is -2.26. The van der Waals surface area contributed by atoms with Crippen LogP contribution < -0.4 is 5.32 Å². The fourth-order valence-corrected chi connectivity index (χ4v) is 2.56. The van der Waals surface area contributed by atoms with Gasteiger partial charge in [0.2, 0.25) is 0 Å². The highest BCUT2D eigenvalue weighted by molar-refractivity contribution is 8.14. The van der Waals surface area contributed by atoms with Crippen molar-refractivity contribution in [2.75, 3.05) is 6.61 Å². The van der Waals surface area contributed by atoms with Gasteiger partial charge in [-0.25, -0.2) is 0 Å². The van der Waals surface area contributed by atoms with Crippen LogP contribution >= 0.6 is 11.8 Å². The van der Waals surface area contributed by atoms with E-state index in [-0.39, 0.29) is 11.7 Å². The van der Waals surface area contributed by atoms with Crippen LogP contribution in [0.5, 0.6) is 0 Å². The largest absolute Gasteiger partial charge is 0.354 e. The maximum absolute atomic E-state index is 5.55. The Kier molecular flexibility index (Phi) is 3.93. The van der Waals surface area contributed by atoms with Crippen LogP contribution in [0.15, 0.2) is 29.4 Å². The smallest absolute Gasteiger partial charge is 0.163 e. The zero-order valence-corrected chi connectivity index (χ0v) is 10.2. The Bertz CT molecular complexity index is 369. The standard InChI is InChI=1S/C11H15N3OS/c1-3-15-11-14-8(2)13-10(16-11)9-6-4-5-7-12-9/h4-8,11,14H,3H2,1-2H3. The Hall–Kier alpha value is -0.910. The molecule has 2 rings (SSSR count). The average molecular weight is 237 g/mol. The molecule has 86 valence electrons. The van der Waals surface area contributed by atoms with Gasteiger partial charge in [-0.05, 0) is 26.0 Å². The molecule has 0 aliphatic carbocycles.